The van der Waals surface area contributed by atoms with Crippen LogP contribution in [-0.2, 0) is 6.18 Å². The fourth-order valence-electron chi connectivity index (χ4n) is 1.32. The van der Waals surface area contributed by atoms with E-state index in [1.807, 2.05) is 13.8 Å². The minimum Gasteiger partial charge on any atom is -0.322 e. The van der Waals surface area contributed by atoms with Gasteiger partial charge in [0, 0.05) is 12.2 Å². The molecular weight excluding hydrogens is 217 g/mol. The number of nitrogens with zero attached hydrogens (tertiary/aromatic N) is 1. The normalized spacial score (nSPS) is 15.9. The highest BCUT2D eigenvalue weighted by atomic mass is 19.4. The first-order chi connectivity index (χ1) is 7.36. The van der Waals surface area contributed by atoms with Gasteiger partial charge in [-0.2, -0.15) is 13.2 Å². The van der Waals surface area contributed by atoms with E-state index < -0.39 is 11.7 Å². The Morgan fingerprint density at radius 1 is 1.38 bits per heavy atom. The van der Waals surface area contributed by atoms with E-state index in [2.05, 4.69) is 4.98 Å². The molecule has 1 aromatic rings. The topological polar surface area (TPSA) is 38.9 Å². The number of aromatic nitrogens is 1. The van der Waals surface area contributed by atoms with Gasteiger partial charge in [0.25, 0.3) is 0 Å². The van der Waals surface area contributed by atoms with E-state index in [0.29, 0.717) is 5.69 Å². The van der Waals surface area contributed by atoms with Gasteiger partial charge in [-0.1, -0.05) is 20.3 Å². The summed E-state index contributed by atoms with van der Waals surface area (Å²) in [6, 6.07) is 2.05. The zero-order valence-corrected chi connectivity index (χ0v) is 9.25. The SMILES string of the molecule is CCC(C)C(N)c1ccc(C(F)(F)F)cn1. The maximum Gasteiger partial charge on any atom is 0.417 e. The molecule has 0 aliphatic heterocycles. The molecule has 0 radical (unpaired) electrons. The predicted octanol–water partition coefficient (Wildman–Crippen LogP) is 3.15. The summed E-state index contributed by atoms with van der Waals surface area (Å²) in [7, 11) is 0. The maximum atomic E-state index is 12.3. The van der Waals surface area contributed by atoms with E-state index in [-0.39, 0.29) is 12.0 Å². The molecule has 0 spiro atoms. The van der Waals surface area contributed by atoms with Gasteiger partial charge in [0.05, 0.1) is 11.3 Å². The van der Waals surface area contributed by atoms with Crippen LogP contribution in [0.25, 0.3) is 0 Å². The fourth-order valence-corrected chi connectivity index (χ4v) is 1.32. The van der Waals surface area contributed by atoms with Crippen LogP contribution in [0.3, 0.4) is 0 Å². The van der Waals surface area contributed by atoms with Crippen LogP contribution in [-0.4, -0.2) is 4.98 Å². The molecule has 1 heterocycles. The second kappa shape index (κ2) is 4.82. The fraction of sp³-hybridized carbons (Fsp3) is 0.545. The van der Waals surface area contributed by atoms with Gasteiger partial charge < -0.3 is 5.73 Å². The van der Waals surface area contributed by atoms with Crippen LogP contribution in [0.15, 0.2) is 18.3 Å². The summed E-state index contributed by atoms with van der Waals surface area (Å²) in [5, 5.41) is 0. The van der Waals surface area contributed by atoms with Crippen LogP contribution in [0.1, 0.15) is 37.6 Å². The Morgan fingerprint density at radius 2 is 2.00 bits per heavy atom. The molecule has 2 atom stereocenters. The lowest BCUT2D eigenvalue weighted by molar-refractivity contribution is -0.137. The van der Waals surface area contributed by atoms with E-state index in [1.165, 1.54) is 6.07 Å². The van der Waals surface area contributed by atoms with Gasteiger partial charge in [-0.05, 0) is 18.1 Å². The van der Waals surface area contributed by atoms with Crippen molar-refractivity contribution < 1.29 is 13.2 Å². The van der Waals surface area contributed by atoms with Crippen molar-refractivity contribution in [1.82, 2.24) is 4.98 Å². The lowest BCUT2D eigenvalue weighted by Crippen LogP contribution is -2.20. The van der Waals surface area contributed by atoms with Crippen LogP contribution < -0.4 is 5.73 Å². The zero-order chi connectivity index (χ0) is 12.3. The highest BCUT2D eigenvalue weighted by molar-refractivity contribution is 5.19. The highest BCUT2D eigenvalue weighted by Crippen LogP contribution is 2.29. The molecule has 2 unspecified atom stereocenters. The molecule has 0 aliphatic rings. The van der Waals surface area contributed by atoms with Crippen LogP contribution in [0, 0.1) is 5.92 Å². The smallest absolute Gasteiger partial charge is 0.322 e. The molecule has 0 aliphatic carbocycles. The standard InChI is InChI=1S/C11H15F3N2/c1-3-7(2)10(15)9-5-4-8(6-16-9)11(12,13)14/h4-7,10H,3,15H2,1-2H3. The van der Waals surface area contributed by atoms with Gasteiger partial charge in [0.2, 0.25) is 0 Å². The van der Waals surface area contributed by atoms with Gasteiger partial charge in [-0.25, -0.2) is 0 Å². The minimum absolute atomic E-state index is 0.198. The number of pyridine rings is 1. The summed E-state index contributed by atoms with van der Waals surface area (Å²) in [5.74, 6) is 0.198. The monoisotopic (exact) mass is 232 g/mol. The van der Waals surface area contributed by atoms with Crippen molar-refractivity contribution in [2.75, 3.05) is 0 Å². The number of nitrogens with two attached hydrogens (primary N) is 1. The zero-order valence-electron chi connectivity index (χ0n) is 9.25. The van der Waals surface area contributed by atoms with Crippen molar-refractivity contribution in [3.8, 4) is 0 Å². The van der Waals surface area contributed by atoms with Crippen LogP contribution in [0.4, 0.5) is 13.2 Å². The van der Waals surface area contributed by atoms with Gasteiger partial charge in [-0.15, -0.1) is 0 Å². The second-order valence-electron chi connectivity index (χ2n) is 3.88. The first-order valence-electron chi connectivity index (χ1n) is 5.15. The molecule has 0 aromatic carbocycles. The Bertz CT molecular complexity index is 332. The van der Waals surface area contributed by atoms with E-state index >= 15 is 0 Å². The number of alkyl halides is 3. The lowest BCUT2D eigenvalue weighted by Gasteiger charge is -2.18. The summed E-state index contributed by atoms with van der Waals surface area (Å²) in [6.07, 6.45) is -2.65. The van der Waals surface area contributed by atoms with Crippen LogP contribution in [0.5, 0.6) is 0 Å². The number of halogens is 3. The molecule has 1 rings (SSSR count). The summed E-state index contributed by atoms with van der Waals surface area (Å²) < 4.78 is 36.8. The summed E-state index contributed by atoms with van der Waals surface area (Å²) in [4.78, 5) is 3.77. The lowest BCUT2D eigenvalue weighted by atomic mass is 9.97. The van der Waals surface area contributed by atoms with E-state index in [4.69, 9.17) is 5.73 Å². The Kier molecular flexibility index (Phi) is 3.91. The predicted molar refractivity (Wildman–Crippen MR) is 55.6 cm³/mol. The van der Waals surface area contributed by atoms with Crippen LogP contribution >= 0.6 is 0 Å². The molecule has 0 fully saturated rings. The molecule has 2 nitrogen and oxygen atoms in total. The van der Waals surface area contributed by atoms with Crippen LogP contribution in [0.2, 0.25) is 0 Å². The van der Waals surface area contributed by atoms with Gasteiger partial charge in [0.1, 0.15) is 0 Å². The molecule has 0 saturated carbocycles. The third kappa shape index (κ3) is 2.95. The van der Waals surface area contributed by atoms with Crippen molar-refractivity contribution in [3.63, 3.8) is 0 Å². The molecule has 1 aromatic heterocycles. The quantitative estimate of drug-likeness (QED) is 0.869. The van der Waals surface area contributed by atoms with Crippen molar-refractivity contribution >= 4 is 0 Å². The third-order valence-corrected chi connectivity index (χ3v) is 2.71. The summed E-state index contributed by atoms with van der Waals surface area (Å²) in [5.41, 5.74) is 5.62. The van der Waals surface area contributed by atoms with Crippen molar-refractivity contribution in [2.45, 2.75) is 32.5 Å². The first-order valence-corrected chi connectivity index (χ1v) is 5.15. The maximum absolute atomic E-state index is 12.3. The van der Waals surface area contributed by atoms with Gasteiger partial charge in [0.15, 0.2) is 0 Å². The molecule has 16 heavy (non-hydrogen) atoms. The van der Waals surface area contributed by atoms with Gasteiger partial charge >= 0.3 is 6.18 Å². The van der Waals surface area contributed by atoms with E-state index in [9.17, 15) is 13.2 Å². The van der Waals surface area contributed by atoms with E-state index in [1.54, 1.807) is 0 Å². The first kappa shape index (κ1) is 13.0. The largest absolute Gasteiger partial charge is 0.417 e. The Balaban J connectivity index is 2.87. The highest BCUT2D eigenvalue weighted by Gasteiger charge is 2.31. The van der Waals surface area contributed by atoms with E-state index in [0.717, 1.165) is 18.7 Å². The average Bonchev–Trinajstić information content (AvgIpc) is 2.26. The molecule has 2 N–H and O–H groups in total. The molecule has 0 amide bonds. The van der Waals surface area contributed by atoms with Crippen molar-refractivity contribution in [1.29, 1.82) is 0 Å². The average molecular weight is 232 g/mol. The summed E-state index contributed by atoms with van der Waals surface area (Å²) >= 11 is 0. The number of hydrogen-bond acceptors (Lipinski definition) is 2. The summed E-state index contributed by atoms with van der Waals surface area (Å²) in [6.45, 7) is 3.93. The molecule has 0 bridgehead atoms. The van der Waals surface area contributed by atoms with Crippen molar-refractivity contribution in [3.05, 3.63) is 29.6 Å². The molecule has 5 heteroatoms. The molecular formula is C11H15F3N2. The third-order valence-electron chi connectivity index (χ3n) is 2.71. The molecule has 90 valence electrons. The minimum atomic E-state index is -4.34. The Morgan fingerprint density at radius 3 is 2.38 bits per heavy atom. The molecule has 0 saturated heterocycles. The van der Waals surface area contributed by atoms with Gasteiger partial charge in [-0.3, -0.25) is 4.98 Å². The second-order valence-corrected chi connectivity index (χ2v) is 3.88. The van der Waals surface area contributed by atoms with Crippen molar-refractivity contribution in [2.24, 2.45) is 11.7 Å². The number of rotatable bonds is 3. The Hall–Kier alpha value is -1.10. The number of hydrogen-bond donors (Lipinski definition) is 1. The Labute approximate surface area is 92.7 Å².